The van der Waals surface area contributed by atoms with E-state index >= 15 is 0 Å². The Morgan fingerprint density at radius 1 is 1.14 bits per heavy atom. The highest BCUT2D eigenvalue weighted by atomic mass is 32.2. The van der Waals surface area contributed by atoms with Gasteiger partial charge in [0.15, 0.2) is 0 Å². The van der Waals surface area contributed by atoms with Crippen LogP contribution in [0.1, 0.15) is 48.0 Å². The van der Waals surface area contributed by atoms with Crippen LogP contribution in [0.25, 0.3) is 0 Å². The summed E-state index contributed by atoms with van der Waals surface area (Å²) in [5.74, 6) is 0.507. The van der Waals surface area contributed by atoms with E-state index in [0.717, 1.165) is 6.42 Å². The predicted molar refractivity (Wildman–Crippen MR) is 60.7 cm³/mol. The molecule has 0 saturated heterocycles. The molecular formula is C10H23NO2S. The first kappa shape index (κ1) is 13.9. The Morgan fingerprint density at radius 3 is 1.86 bits per heavy atom. The lowest BCUT2D eigenvalue weighted by molar-refractivity contribution is 0.472. The van der Waals surface area contributed by atoms with Gasteiger partial charge in [0, 0.05) is 6.04 Å². The molecule has 86 valence electrons. The first-order chi connectivity index (χ1) is 6.06. The molecule has 0 bridgehead atoms. The maximum absolute atomic E-state index is 11.7. The summed E-state index contributed by atoms with van der Waals surface area (Å²) in [4.78, 5) is 0. The van der Waals surface area contributed by atoms with Gasteiger partial charge in [-0.15, -0.1) is 0 Å². The number of rotatable bonds is 4. The van der Waals surface area contributed by atoms with Gasteiger partial charge < -0.3 is 0 Å². The minimum absolute atomic E-state index is 0.0132. The number of nitrogens with one attached hydrogen (secondary N) is 1. The fourth-order valence-corrected chi connectivity index (χ4v) is 2.18. The van der Waals surface area contributed by atoms with Crippen LogP contribution in [0.4, 0.5) is 0 Å². The molecule has 0 amide bonds. The van der Waals surface area contributed by atoms with Crippen LogP contribution in [0.5, 0.6) is 0 Å². The van der Waals surface area contributed by atoms with E-state index in [2.05, 4.69) is 18.6 Å². The Bertz CT molecular complexity index is 262. The maximum atomic E-state index is 11.7. The first-order valence-corrected chi connectivity index (χ1v) is 6.56. The molecule has 0 unspecified atom stereocenters. The molecule has 1 atom stereocenters. The number of sulfonamides is 1. The molecule has 0 aliphatic carbocycles. The smallest absolute Gasteiger partial charge is 0.212 e. The quantitative estimate of drug-likeness (QED) is 0.790. The summed E-state index contributed by atoms with van der Waals surface area (Å²) < 4.78 is 25.4. The average Bonchev–Trinajstić information content (AvgIpc) is 1.79. The first-order valence-electron chi connectivity index (χ1n) is 5.08. The average molecular weight is 221 g/mol. The molecule has 0 saturated carbocycles. The molecule has 4 heteroatoms. The van der Waals surface area contributed by atoms with E-state index in [1.165, 1.54) is 0 Å². The molecule has 3 nitrogen and oxygen atoms in total. The highest BCUT2D eigenvalue weighted by Gasteiger charge is 2.29. The van der Waals surface area contributed by atoms with Crippen LogP contribution in [-0.2, 0) is 10.0 Å². The van der Waals surface area contributed by atoms with E-state index < -0.39 is 14.8 Å². The highest BCUT2D eigenvalue weighted by Crippen LogP contribution is 2.15. The van der Waals surface area contributed by atoms with Crippen LogP contribution in [0.15, 0.2) is 0 Å². The second-order valence-corrected chi connectivity index (χ2v) is 7.73. The summed E-state index contributed by atoms with van der Waals surface area (Å²) in [6.07, 6.45) is 0.870. The van der Waals surface area contributed by atoms with Crippen molar-refractivity contribution in [2.75, 3.05) is 0 Å². The zero-order valence-electron chi connectivity index (χ0n) is 10.1. The molecule has 0 heterocycles. The van der Waals surface area contributed by atoms with Gasteiger partial charge >= 0.3 is 0 Å². The van der Waals surface area contributed by atoms with Crippen LogP contribution >= 0.6 is 0 Å². The topological polar surface area (TPSA) is 46.2 Å². The maximum Gasteiger partial charge on any atom is 0.216 e. The summed E-state index contributed by atoms with van der Waals surface area (Å²) in [7, 11) is -3.19. The molecule has 0 aliphatic rings. The van der Waals surface area contributed by atoms with Crippen molar-refractivity contribution < 1.29 is 8.42 Å². The second kappa shape index (κ2) is 4.62. The molecule has 1 N–H and O–H groups in total. The van der Waals surface area contributed by atoms with Crippen molar-refractivity contribution in [3.63, 3.8) is 0 Å². The highest BCUT2D eigenvalue weighted by molar-refractivity contribution is 7.90. The zero-order chi connectivity index (χ0) is 11.6. The third-order valence-corrected chi connectivity index (χ3v) is 4.31. The van der Waals surface area contributed by atoms with Gasteiger partial charge in [0.2, 0.25) is 10.0 Å². The molecule has 14 heavy (non-hydrogen) atoms. The summed E-state index contributed by atoms with van der Waals surface area (Å²) >= 11 is 0. The van der Waals surface area contributed by atoms with Crippen LogP contribution < -0.4 is 4.72 Å². The fourth-order valence-electron chi connectivity index (χ4n) is 1.20. The lowest BCUT2D eigenvalue weighted by Crippen LogP contribution is -2.43. The molecule has 0 spiro atoms. The van der Waals surface area contributed by atoms with Crippen LogP contribution in [0.2, 0.25) is 0 Å². The number of hydrogen-bond donors (Lipinski definition) is 1. The third kappa shape index (κ3) is 4.42. The van der Waals surface area contributed by atoms with Crippen molar-refractivity contribution >= 4 is 10.0 Å². The Balaban J connectivity index is 4.39. The van der Waals surface area contributed by atoms with Crippen molar-refractivity contribution in [3.8, 4) is 0 Å². The van der Waals surface area contributed by atoms with E-state index in [4.69, 9.17) is 0 Å². The minimum atomic E-state index is -3.19. The SMILES string of the molecule is CC(C)C[C@H](C)NS(=O)(=O)C(C)(C)C. The van der Waals surface area contributed by atoms with Gasteiger partial charge in [-0.3, -0.25) is 0 Å². The summed E-state index contributed by atoms with van der Waals surface area (Å²) in [5, 5.41) is 0. The van der Waals surface area contributed by atoms with Crippen LogP contribution in [-0.4, -0.2) is 19.2 Å². The van der Waals surface area contributed by atoms with Crippen LogP contribution in [0.3, 0.4) is 0 Å². The molecule has 0 aromatic heterocycles. The van der Waals surface area contributed by atoms with Crippen molar-refractivity contribution in [3.05, 3.63) is 0 Å². The normalized spacial score (nSPS) is 15.9. The van der Waals surface area contributed by atoms with Gasteiger partial charge in [-0.05, 0) is 40.0 Å². The molecule has 0 aromatic rings. The summed E-state index contributed by atoms with van der Waals surface area (Å²) in [6.45, 7) is 11.2. The van der Waals surface area contributed by atoms with E-state index in [0.29, 0.717) is 5.92 Å². The predicted octanol–water partition coefficient (Wildman–Crippen LogP) is 2.14. The van der Waals surface area contributed by atoms with E-state index in [1.807, 2.05) is 6.92 Å². The van der Waals surface area contributed by atoms with Gasteiger partial charge in [0.25, 0.3) is 0 Å². The molecular weight excluding hydrogens is 198 g/mol. The Morgan fingerprint density at radius 2 is 1.57 bits per heavy atom. The minimum Gasteiger partial charge on any atom is -0.212 e. The molecule has 0 rings (SSSR count). The Kier molecular flexibility index (Phi) is 4.59. The monoisotopic (exact) mass is 221 g/mol. The van der Waals surface area contributed by atoms with Gasteiger partial charge in [-0.2, -0.15) is 0 Å². The van der Waals surface area contributed by atoms with Crippen molar-refractivity contribution in [1.29, 1.82) is 0 Å². The third-order valence-electron chi connectivity index (χ3n) is 1.99. The summed E-state index contributed by atoms with van der Waals surface area (Å²) in [6, 6.07) is 0.0132. The standard InChI is InChI=1S/C10H23NO2S/c1-8(2)7-9(3)11-14(12,13)10(4,5)6/h8-9,11H,7H2,1-6H3/t9-/m0/s1. The molecule has 0 radical (unpaired) electrons. The van der Waals surface area contributed by atoms with E-state index in [-0.39, 0.29) is 6.04 Å². The lowest BCUT2D eigenvalue weighted by Gasteiger charge is -2.24. The van der Waals surface area contributed by atoms with E-state index in [9.17, 15) is 8.42 Å². The van der Waals surface area contributed by atoms with Crippen molar-refractivity contribution in [2.24, 2.45) is 5.92 Å². The molecule has 0 aromatic carbocycles. The fraction of sp³-hybridized carbons (Fsp3) is 1.00. The zero-order valence-corrected chi connectivity index (χ0v) is 10.9. The lowest BCUT2D eigenvalue weighted by atomic mass is 10.1. The van der Waals surface area contributed by atoms with Crippen molar-refractivity contribution in [1.82, 2.24) is 4.72 Å². The largest absolute Gasteiger partial charge is 0.216 e. The van der Waals surface area contributed by atoms with Gasteiger partial charge in [-0.1, -0.05) is 13.8 Å². The Hall–Kier alpha value is -0.0900. The van der Waals surface area contributed by atoms with E-state index in [1.54, 1.807) is 20.8 Å². The summed E-state index contributed by atoms with van der Waals surface area (Å²) in [5.41, 5.74) is 0. The second-order valence-electron chi connectivity index (χ2n) is 5.26. The molecule has 0 fully saturated rings. The van der Waals surface area contributed by atoms with Gasteiger partial charge in [-0.25, -0.2) is 13.1 Å². The van der Waals surface area contributed by atoms with Crippen molar-refractivity contribution in [2.45, 2.75) is 58.8 Å². The van der Waals surface area contributed by atoms with Gasteiger partial charge in [0.1, 0.15) is 0 Å². The van der Waals surface area contributed by atoms with Gasteiger partial charge in [0.05, 0.1) is 4.75 Å². The van der Waals surface area contributed by atoms with Crippen LogP contribution in [0, 0.1) is 5.92 Å². The molecule has 0 aliphatic heterocycles. The number of hydrogen-bond acceptors (Lipinski definition) is 2. The Labute approximate surface area is 88.3 Å².